The van der Waals surface area contributed by atoms with Crippen LogP contribution in [-0.2, 0) is 9.59 Å². The number of benzene rings is 1. The molecule has 2 amide bonds. The topological polar surface area (TPSA) is 67.9 Å². The molecule has 150 valence electrons. The maximum Gasteiger partial charge on any atom is 0.225 e. The van der Waals surface area contributed by atoms with E-state index in [2.05, 4.69) is 12.2 Å². The lowest BCUT2D eigenvalue weighted by molar-refractivity contribution is -0.133. The number of nitrogens with one attached hydrogen (secondary N) is 1. The smallest absolute Gasteiger partial charge is 0.225 e. The summed E-state index contributed by atoms with van der Waals surface area (Å²) in [6.45, 7) is 7.46. The summed E-state index contributed by atoms with van der Waals surface area (Å²) in [6.07, 6.45) is 1.97. The summed E-state index contributed by atoms with van der Waals surface area (Å²) in [5.74, 6) is 0.816. The van der Waals surface area contributed by atoms with Gasteiger partial charge in [-0.1, -0.05) is 39.3 Å². The Labute approximate surface area is 162 Å². The van der Waals surface area contributed by atoms with Crippen LogP contribution in [0.15, 0.2) is 18.2 Å². The van der Waals surface area contributed by atoms with Gasteiger partial charge in [0.05, 0.1) is 20.1 Å². The van der Waals surface area contributed by atoms with E-state index in [-0.39, 0.29) is 29.6 Å². The molecule has 2 rings (SSSR count). The van der Waals surface area contributed by atoms with Crippen molar-refractivity contribution in [3.8, 4) is 11.5 Å². The standard InChI is InChI=1S/C21H32N2O4/c1-6-7-11-22-20(24)17-13-23(21(25)14(2)3)12-16(17)15-9-8-10-18(26-4)19(15)27-5/h8-10,14,16-17H,6-7,11-13H2,1-5H3,(H,22,24)/t16-,17-/m1/s1. The van der Waals surface area contributed by atoms with E-state index in [0.29, 0.717) is 31.1 Å². The molecule has 0 aromatic heterocycles. The van der Waals surface area contributed by atoms with Crippen molar-refractivity contribution in [2.45, 2.75) is 39.5 Å². The SMILES string of the molecule is CCCCNC(=O)[C@@H]1CN(C(=O)C(C)C)C[C@@H]1c1cccc(OC)c1OC. The molecular formula is C21H32N2O4. The summed E-state index contributed by atoms with van der Waals surface area (Å²) < 4.78 is 11.0. The minimum Gasteiger partial charge on any atom is -0.493 e. The van der Waals surface area contributed by atoms with Crippen molar-refractivity contribution < 1.29 is 19.1 Å². The Bertz CT molecular complexity index is 660. The van der Waals surface area contributed by atoms with E-state index >= 15 is 0 Å². The second-order valence-electron chi connectivity index (χ2n) is 7.34. The monoisotopic (exact) mass is 376 g/mol. The number of amides is 2. The van der Waals surface area contributed by atoms with E-state index in [4.69, 9.17) is 9.47 Å². The Hall–Kier alpha value is -2.24. The predicted octanol–water partition coefficient (Wildman–Crippen LogP) is 2.82. The van der Waals surface area contributed by atoms with Gasteiger partial charge in [-0.2, -0.15) is 0 Å². The number of hydrogen-bond donors (Lipinski definition) is 1. The largest absolute Gasteiger partial charge is 0.493 e. The average molecular weight is 376 g/mol. The molecule has 0 radical (unpaired) electrons. The van der Waals surface area contributed by atoms with Gasteiger partial charge in [-0.3, -0.25) is 9.59 Å². The summed E-state index contributed by atoms with van der Waals surface area (Å²) in [7, 11) is 3.20. The molecule has 1 aliphatic heterocycles. The zero-order chi connectivity index (χ0) is 20.0. The van der Waals surface area contributed by atoms with Crippen molar-refractivity contribution in [2.24, 2.45) is 11.8 Å². The summed E-state index contributed by atoms with van der Waals surface area (Å²) in [4.78, 5) is 27.2. The molecule has 1 N–H and O–H groups in total. The molecular weight excluding hydrogens is 344 g/mol. The fraction of sp³-hybridized carbons (Fsp3) is 0.619. The van der Waals surface area contributed by atoms with Crippen LogP contribution in [0.5, 0.6) is 11.5 Å². The molecule has 1 saturated heterocycles. The van der Waals surface area contributed by atoms with Gasteiger partial charge in [0.25, 0.3) is 0 Å². The third-order valence-electron chi connectivity index (χ3n) is 5.12. The first kappa shape index (κ1) is 21.1. The number of methoxy groups -OCH3 is 2. The highest BCUT2D eigenvalue weighted by Crippen LogP contribution is 2.42. The first-order valence-corrected chi connectivity index (χ1v) is 9.71. The number of carbonyl (C=O) groups is 2. The van der Waals surface area contributed by atoms with Gasteiger partial charge in [0.2, 0.25) is 11.8 Å². The van der Waals surface area contributed by atoms with E-state index in [1.807, 2.05) is 32.0 Å². The van der Waals surface area contributed by atoms with Crippen LogP contribution in [0.3, 0.4) is 0 Å². The van der Waals surface area contributed by atoms with Crippen LogP contribution in [0.2, 0.25) is 0 Å². The van der Waals surface area contributed by atoms with Crippen molar-refractivity contribution in [3.05, 3.63) is 23.8 Å². The number of nitrogens with zero attached hydrogens (tertiary/aromatic N) is 1. The van der Waals surface area contributed by atoms with E-state index in [1.165, 1.54) is 0 Å². The zero-order valence-corrected chi connectivity index (χ0v) is 17.1. The van der Waals surface area contributed by atoms with Gasteiger partial charge < -0.3 is 19.7 Å². The molecule has 0 unspecified atom stereocenters. The molecule has 1 aliphatic rings. The highest BCUT2D eigenvalue weighted by molar-refractivity contribution is 5.84. The fourth-order valence-electron chi connectivity index (χ4n) is 3.65. The summed E-state index contributed by atoms with van der Waals surface area (Å²) in [6, 6.07) is 5.70. The Kier molecular flexibility index (Phi) is 7.51. The van der Waals surface area contributed by atoms with E-state index in [9.17, 15) is 9.59 Å². The Morgan fingerprint density at radius 2 is 1.96 bits per heavy atom. The van der Waals surface area contributed by atoms with Gasteiger partial charge >= 0.3 is 0 Å². The lowest BCUT2D eigenvalue weighted by Gasteiger charge is -2.21. The first-order chi connectivity index (χ1) is 12.9. The molecule has 2 atom stereocenters. The summed E-state index contributed by atoms with van der Waals surface area (Å²) in [5.41, 5.74) is 0.909. The van der Waals surface area contributed by atoms with Crippen LogP contribution < -0.4 is 14.8 Å². The fourth-order valence-corrected chi connectivity index (χ4v) is 3.65. The maximum atomic E-state index is 12.9. The Morgan fingerprint density at radius 1 is 1.22 bits per heavy atom. The second kappa shape index (κ2) is 9.62. The molecule has 1 aromatic carbocycles. The molecule has 6 heteroatoms. The van der Waals surface area contributed by atoms with E-state index < -0.39 is 0 Å². The normalized spacial score (nSPS) is 19.3. The van der Waals surface area contributed by atoms with Crippen LogP contribution in [-0.4, -0.2) is 50.6 Å². The number of para-hydroxylation sites is 1. The summed E-state index contributed by atoms with van der Waals surface area (Å²) >= 11 is 0. The van der Waals surface area contributed by atoms with Crippen molar-refractivity contribution in [3.63, 3.8) is 0 Å². The van der Waals surface area contributed by atoms with Gasteiger partial charge in [0.1, 0.15) is 0 Å². The molecule has 6 nitrogen and oxygen atoms in total. The van der Waals surface area contributed by atoms with E-state index in [1.54, 1.807) is 19.1 Å². The van der Waals surface area contributed by atoms with E-state index in [0.717, 1.165) is 18.4 Å². The van der Waals surface area contributed by atoms with Crippen LogP contribution >= 0.6 is 0 Å². The number of hydrogen-bond acceptors (Lipinski definition) is 4. The minimum absolute atomic E-state index is 0.00243. The lowest BCUT2D eigenvalue weighted by Crippen LogP contribution is -2.37. The highest BCUT2D eigenvalue weighted by atomic mass is 16.5. The van der Waals surface area contributed by atoms with Gasteiger partial charge in [0, 0.05) is 37.0 Å². The van der Waals surface area contributed by atoms with Crippen LogP contribution in [0, 0.1) is 11.8 Å². The average Bonchev–Trinajstić information content (AvgIpc) is 3.11. The Morgan fingerprint density at radius 3 is 2.56 bits per heavy atom. The molecule has 0 aliphatic carbocycles. The number of unbranched alkanes of at least 4 members (excludes halogenated alkanes) is 1. The second-order valence-corrected chi connectivity index (χ2v) is 7.34. The third-order valence-corrected chi connectivity index (χ3v) is 5.12. The highest BCUT2D eigenvalue weighted by Gasteiger charge is 2.42. The number of ether oxygens (including phenoxy) is 2. The third kappa shape index (κ3) is 4.73. The van der Waals surface area contributed by atoms with Gasteiger partial charge in [0.15, 0.2) is 11.5 Å². The molecule has 27 heavy (non-hydrogen) atoms. The molecule has 1 heterocycles. The quantitative estimate of drug-likeness (QED) is 0.709. The maximum absolute atomic E-state index is 12.9. The molecule has 1 aromatic rings. The summed E-state index contributed by atoms with van der Waals surface area (Å²) in [5, 5.41) is 3.03. The molecule has 0 saturated carbocycles. The molecule has 1 fully saturated rings. The minimum atomic E-state index is -0.300. The van der Waals surface area contributed by atoms with Crippen LogP contribution in [0.25, 0.3) is 0 Å². The number of carbonyl (C=O) groups excluding carboxylic acids is 2. The van der Waals surface area contributed by atoms with Crippen molar-refractivity contribution in [1.82, 2.24) is 10.2 Å². The zero-order valence-electron chi connectivity index (χ0n) is 17.1. The Balaban J connectivity index is 2.34. The van der Waals surface area contributed by atoms with Crippen LogP contribution in [0.4, 0.5) is 0 Å². The van der Waals surface area contributed by atoms with Crippen LogP contribution in [0.1, 0.15) is 45.1 Å². The van der Waals surface area contributed by atoms with Gasteiger partial charge in [-0.15, -0.1) is 0 Å². The van der Waals surface area contributed by atoms with Crippen molar-refractivity contribution >= 4 is 11.8 Å². The number of rotatable bonds is 8. The molecule has 0 spiro atoms. The first-order valence-electron chi connectivity index (χ1n) is 9.71. The van der Waals surface area contributed by atoms with Crippen molar-refractivity contribution in [2.75, 3.05) is 33.9 Å². The molecule has 0 bridgehead atoms. The lowest BCUT2D eigenvalue weighted by atomic mass is 9.87. The predicted molar refractivity (Wildman–Crippen MR) is 105 cm³/mol. The van der Waals surface area contributed by atoms with Gasteiger partial charge in [-0.25, -0.2) is 0 Å². The van der Waals surface area contributed by atoms with Crippen molar-refractivity contribution in [1.29, 1.82) is 0 Å². The van der Waals surface area contributed by atoms with Gasteiger partial charge in [-0.05, 0) is 12.5 Å². The number of likely N-dealkylation sites (tertiary alicyclic amines) is 1.